The largest absolute Gasteiger partial charge is 0.313 e. The van der Waals surface area contributed by atoms with Crippen LogP contribution in [0.25, 0.3) is 0 Å². The van der Waals surface area contributed by atoms with Crippen molar-refractivity contribution in [2.45, 2.75) is 38.6 Å². The third-order valence-electron chi connectivity index (χ3n) is 2.15. The molecule has 0 aromatic carbocycles. The number of hydrogen-bond acceptors (Lipinski definition) is 1. The molecule has 0 spiro atoms. The lowest BCUT2D eigenvalue weighted by atomic mass is 10.1. The SMILES string of the molecule is C#CCCNC(C)CC1CC1. The molecule has 0 aliphatic heterocycles. The van der Waals surface area contributed by atoms with Crippen LogP contribution in [-0.4, -0.2) is 12.6 Å². The predicted molar refractivity (Wildman–Crippen MR) is 48.3 cm³/mol. The smallest absolute Gasteiger partial charge is 0.0211 e. The first-order chi connectivity index (χ1) is 5.33. The van der Waals surface area contributed by atoms with Crippen LogP contribution in [0.4, 0.5) is 0 Å². The van der Waals surface area contributed by atoms with Crippen molar-refractivity contribution in [3.63, 3.8) is 0 Å². The fourth-order valence-electron chi connectivity index (χ4n) is 1.33. The van der Waals surface area contributed by atoms with Crippen molar-refractivity contribution in [3.8, 4) is 12.3 Å². The van der Waals surface area contributed by atoms with Gasteiger partial charge in [0.25, 0.3) is 0 Å². The van der Waals surface area contributed by atoms with E-state index in [1.54, 1.807) is 0 Å². The molecular formula is C10H17N. The topological polar surface area (TPSA) is 12.0 Å². The summed E-state index contributed by atoms with van der Waals surface area (Å²) >= 11 is 0. The fraction of sp³-hybridized carbons (Fsp3) is 0.800. The molecule has 1 heteroatoms. The van der Waals surface area contributed by atoms with Crippen molar-refractivity contribution < 1.29 is 0 Å². The zero-order chi connectivity index (χ0) is 8.10. The van der Waals surface area contributed by atoms with Gasteiger partial charge in [-0.2, -0.15) is 0 Å². The van der Waals surface area contributed by atoms with E-state index in [2.05, 4.69) is 18.2 Å². The first kappa shape index (κ1) is 8.62. The van der Waals surface area contributed by atoms with Gasteiger partial charge in [-0.05, 0) is 19.3 Å². The average Bonchev–Trinajstić information content (AvgIpc) is 2.72. The Morgan fingerprint density at radius 3 is 2.91 bits per heavy atom. The number of nitrogens with one attached hydrogen (secondary N) is 1. The summed E-state index contributed by atoms with van der Waals surface area (Å²) < 4.78 is 0. The first-order valence-corrected chi connectivity index (χ1v) is 4.49. The summed E-state index contributed by atoms with van der Waals surface area (Å²) in [5.41, 5.74) is 0. The second kappa shape index (κ2) is 4.41. The highest BCUT2D eigenvalue weighted by molar-refractivity contribution is 4.85. The highest BCUT2D eigenvalue weighted by Gasteiger charge is 2.22. The molecule has 1 rings (SSSR count). The zero-order valence-electron chi connectivity index (χ0n) is 7.27. The standard InChI is InChI=1S/C10H17N/c1-3-4-7-11-9(2)8-10-5-6-10/h1,9-11H,4-8H2,2H3. The Labute approximate surface area is 69.6 Å². The Morgan fingerprint density at radius 1 is 1.64 bits per heavy atom. The normalized spacial score (nSPS) is 19.3. The summed E-state index contributed by atoms with van der Waals surface area (Å²) in [6, 6.07) is 0.663. The van der Waals surface area contributed by atoms with Crippen LogP contribution < -0.4 is 5.32 Å². The van der Waals surface area contributed by atoms with Gasteiger partial charge in [0.15, 0.2) is 0 Å². The molecule has 0 heterocycles. The van der Waals surface area contributed by atoms with Crippen molar-refractivity contribution in [2.24, 2.45) is 5.92 Å². The molecule has 0 radical (unpaired) electrons. The molecule has 0 aromatic heterocycles. The fourth-order valence-corrected chi connectivity index (χ4v) is 1.33. The van der Waals surface area contributed by atoms with Crippen LogP contribution in [0.3, 0.4) is 0 Å². The van der Waals surface area contributed by atoms with Gasteiger partial charge in [0, 0.05) is 19.0 Å². The molecule has 1 nitrogen and oxygen atoms in total. The van der Waals surface area contributed by atoms with Crippen molar-refractivity contribution in [3.05, 3.63) is 0 Å². The molecule has 1 saturated carbocycles. The van der Waals surface area contributed by atoms with Gasteiger partial charge in [0.1, 0.15) is 0 Å². The highest BCUT2D eigenvalue weighted by atomic mass is 14.9. The van der Waals surface area contributed by atoms with Crippen molar-refractivity contribution >= 4 is 0 Å². The molecule has 1 atom stereocenters. The minimum Gasteiger partial charge on any atom is -0.313 e. The summed E-state index contributed by atoms with van der Waals surface area (Å²) in [5, 5.41) is 3.41. The Kier molecular flexibility index (Phi) is 3.45. The summed E-state index contributed by atoms with van der Waals surface area (Å²) in [4.78, 5) is 0. The van der Waals surface area contributed by atoms with Crippen LogP contribution in [0, 0.1) is 18.3 Å². The van der Waals surface area contributed by atoms with Gasteiger partial charge in [-0.25, -0.2) is 0 Å². The zero-order valence-corrected chi connectivity index (χ0v) is 7.27. The Hall–Kier alpha value is -0.480. The molecule has 11 heavy (non-hydrogen) atoms. The summed E-state index contributed by atoms with van der Waals surface area (Å²) in [6.07, 6.45) is 10.2. The third-order valence-corrected chi connectivity index (χ3v) is 2.15. The molecule has 0 aromatic rings. The second-order valence-electron chi connectivity index (χ2n) is 3.49. The molecule has 1 N–H and O–H groups in total. The van der Waals surface area contributed by atoms with Gasteiger partial charge in [-0.3, -0.25) is 0 Å². The van der Waals surface area contributed by atoms with E-state index in [4.69, 9.17) is 6.42 Å². The van der Waals surface area contributed by atoms with E-state index in [1.165, 1.54) is 19.3 Å². The first-order valence-electron chi connectivity index (χ1n) is 4.49. The van der Waals surface area contributed by atoms with Gasteiger partial charge in [-0.1, -0.05) is 12.8 Å². The van der Waals surface area contributed by atoms with E-state index >= 15 is 0 Å². The summed E-state index contributed by atoms with van der Waals surface area (Å²) in [5.74, 6) is 3.65. The molecular weight excluding hydrogens is 134 g/mol. The van der Waals surface area contributed by atoms with E-state index in [0.717, 1.165) is 18.9 Å². The van der Waals surface area contributed by atoms with Crippen molar-refractivity contribution in [2.75, 3.05) is 6.54 Å². The van der Waals surface area contributed by atoms with E-state index < -0.39 is 0 Å². The van der Waals surface area contributed by atoms with Crippen LogP contribution in [0.1, 0.15) is 32.6 Å². The molecule has 62 valence electrons. The third kappa shape index (κ3) is 4.06. The van der Waals surface area contributed by atoms with E-state index in [0.29, 0.717) is 6.04 Å². The molecule has 0 amide bonds. The predicted octanol–water partition coefficient (Wildman–Crippen LogP) is 1.79. The molecule has 1 aliphatic carbocycles. The number of hydrogen-bond donors (Lipinski definition) is 1. The number of terminal acetylenes is 1. The van der Waals surface area contributed by atoms with Crippen LogP contribution in [-0.2, 0) is 0 Å². The minimum atomic E-state index is 0.663. The summed E-state index contributed by atoms with van der Waals surface area (Å²) in [7, 11) is 0. The molecule has 1 aliphatic rings. The Bertz CT molecular complexity index is 141. The van der Waals surface area contributed by atoms with Crippen LogP contribution in [0.5, 0.6) is 0 Å². The van der Waals surface area contributed by atoms with Crippen molar-refractivity contribution in [1.29, 1.82) is 0 Å². The average molecular weight is 151 g/mol. The van der Waals surface area contributed by atoms with Gasteiger partial charge in [0.05, 0.1) is 0 Å². The molecule has 1 fully saturated rings. The maximum Gasteiger partial charge on any atom is 0.0211 e. The van der Waals surface area contributed by atoms with E-state index in [9.17, 15) is 0 Å². The second-order valence-corrected chi connectivity index (χ2v) is 3.49. The van der Waals surface area contributed by atoms with Gasteiger partial charge < -0.3 is 5.32 Å². The monoisotopic (exact) mass is 151 g/mol. The Balaban J connectivity index is 1.92. The van der Waals surface area contributed by atoms with Gasteiger partial charge in [-0.15, -0.1) is 12.3 Å². The van der Waals surface area contributed by atoms with Gasteiger partial charge in [0.2, 0.25) is 0 Å². The Morgan fingerprint density at radius 2 is 2.36 bits per heavy atom. The van der Waals surface area contributed by atoms with E-state index in [1.807, 2.05) is 0 Å². The maximum absolute atomic E-state index is 5.14. The highest BCUT2D eigenvalue weighted by Crippen LogP contribution is 2.33. The molecule has 1 unspecified atom stereocenters. The van der Waals surface area contributed by atoms with Gasteiger partial charge >= 0.3 is 0 Å². The lowest BCUT2D eigenvalue weighted by molar-refractivity contribution is 0.494. The molecule has 0 saturated heterocycles. The van der Waals surface area contributed by atoms with Crippen LogP contribution in [0.15, 0.2) is 0 Å². The molecule has 0 bridgehead atoms. The quantitative estimate of drug-likeness (QED) is 0.466. The van der Waals surface area contributed by atoms with Crippen LogP contribution >= 0.6 is 0 Å². The van der Waals surface area contributed by atoms with E-state index in [-0.39, 0.29) is 0 Å². The summed E-state index contributed by atoms with van der Waals surface area (Å²) in [6.45, 7) is 3.22. The van der Waals surface area contributed by atoms with Crippen LogP contribution in [0.2, 0.25) is 0 Å². The minimum absolute atomic E-state index is 0.663. The van der Waals surface area contributed by atoms with Crippen molar-refractivity contribution in [1.82, 2.24) is 5.32 Å². The maximum atomic E-state index is 5.14. The number of rotatable bonds is 5. The lowest BCUT2D eigenvalue weighted by Crippen LogP contribution is -2.27. The lowest BCUT2D eigenvalue weighted by Gasteiger charge is -2.11.